The number of carbonyl (C=O) groups is 1. The second kappa shape index (κ2) is 10.9. The minimum Gasteiger partial charge on any atom is -0.497 e. The van der Waals surface area contributed by atoms with Crippen LogP contribution in [0.1, 0.15) is 49.2 Å². The number of rotatable bonds is 10. The van der Waals surface area contributed by atoms with Gasteiger partial charge in [-0.1, -0.05) is 55.4 Å². The number of amides is 1. The first-order valence-corrected chi connectivity index (χ1v) is 10.9. The van der Waals surface area contributed by atoms with E-state index < -0.39 is 0 Å². The molecule has 0 aliphatic carbocycles. The third kappa shape index (κ3) is 6.17. The minimum atomic E-state index is -0.0548. The van der Waals surface area contributed by atoms with Crippen molar-refractivity contribution in [2.24, 2.45) is 0 Å². The topological polar surface area (TPSA) is 80.5 Å². The van der Waals surface area contributed by atoms with Crippen LogP contribution in [-0.2, 0) is 11.2 Å². The van der Waals surface area contributed by atoms with Gasteiger partial charge < -0.3 is 19.5 Å². The van der Waals surface area contributed by atoms with E-state index in [9.17, 15) is 4.79 Å². The van der Waals surface area contributed by atoms with Crippen molar-refractivity contribution in [3.63, 3.8) is 0 Å². The van der Waals surface area contributed by atoms with E-state index in [1.807, 2.05) is 50.5 Å². The molecule has 0 radical (unpaired) electrons. The van der Waals surface area contributed by atoms with Gasteiger partial charge in [-0.25, -0.2) is 0 Å². The van der Waals surface area contributed by atoms with Crippen LogP contribution in [0.4, 0.5) is 0 Å². The molecule has 1 heterocycles. The van der Waals surface area contributed by atoms with Crippen LogP contribution < -0.4 is 10.1 Å². The Morgan fingerprint density at radius 3 is 2.53 bits per heavy atom. The number of methoxy groups -OCH3 is 1. The van der Waals surface area contributed by atoms with E-state index in [-0.39, 0.29) is 18.4 Å². The number of aryl methyl sites for hydroxylation is 1. The van der Waals surface area contributed by atoms with E-state index in [1.165, 1.54) is 5.56 Å². The fourth-order valence-corrected chi connectivity index (χ4v) is 3.46. The Hall–Kier alpha value is -3.19. The third-order valence-corrected chi connectivity index (χ3v) is 5.46. The fraction of sp³-hybridized carbons (Fsp3) is 0.400. The van der Waals surface area contributed by atoms with Crippen LogP contribution >= 0.6 is 0 Å². The molecule has 0 aliphatic heterocycles. The molecule has 1 aromatic heterocycles. The van der Waals surface area contributed by atoms with Gasteiger partial charge >= 0.3 is 0 Å². The molecule has 0 spiro atoms. The van der Waals surface area contributed by atoms with Crippen LogP contribution in [0.25, 0.3) is 11.4 Å². The Morgan fingerprint density at radius 1 is 1.12 bits per heavy atom. The highest BCUT2D eigenvalue weighted by atomic mass is 16.5. The van der Waals surface area contributed by atoms with Gasteiger partial charge in [-0.05, 0) is 43.3 Å². The Bertz CT molecular complexity index is 1010. The quantitative estimate of drug-likeness (QED) is 0.513. The van der Waals surface area contributed by atoms with Crippen LogP contribution in [0.2, 0.25) is 0 Å². The van der Waals surface area contributed by atoms with Crippen molar-refractivity contribution in [3.8, 4) is 17.1 Å². The highest BCUT2D eigenvalue weighted by Gasteiger charge is 2.17. The summed E-state index contributed by atoms with van der Waals surface area (Å²) in [5.74, 6) is 2.22. The summed E-state index contributed by atoms with van der Waals surface area (Å²) in [6, 6.07) is 16.1. The zero-order valence-electron chi connectivity index (χ0n) is 19.5. The Balaban J connectivity index is 1.53. The van der Waals surface area contributed by atoms with E-state index >= 15 is 0 Å². The number of hydrogen-bond acceptors (Lipinski definition) is 6. The highest BCUT2D eigenvalue weighted by Crippen LogP contribution is 2.23. The number of nitrogens with zero attached hydrogens (tertiary/aromatic N) is 3. The number of hydrogen-bond donors (Lipinski definition) is 1. The van der Waals surface area contributed by atoms with Gasteiger partial charge in [0.1, 0.15) is 5.75 Å². The molecule has 0 saturated carbocycles. The SMILES string of the molecule is COc1cccc(C(CNC(=O)CCc2nc(-c3ccc(C(C)C)cc3)no2)N(C)C)c1. The molecule has 0 fully saturated rings. The first-order valence-electron chi connectivity index (χ1n) is 10.9. The summed E-state index contributed by atoms with van der Waals surface area (Å²) in [6.45, 7) is 4.81. The maximum Gasteiger partial charge on any atom is 0.227 e. The van der Waals surface area contributed by atoms with E-state index in [1.54, 1.807) is 7.11 Å². The fourth-order valence-electron chi connectivity index (χ4n) is 3.46. The lowest BCUT2D eigenvalue weighted by molar-refractivity contribution is -0.121. The van der Waals surface area contributed by atoms with Crippen molar-refractivity contribution in [3.05, 3.63) is 65.5 Å². The van der Waals surface area contributed by atoms with Gasteiger partial charge in [0.05, 0.1) is 13.2 Å². The zero-order chi connectivity index (χ0) is 23.1. The largest absolute Gasteiger partial charge is 0.497 e. The summed E-state index contributed by atoms with van der Waals surface area (Å²) in [6.07, 6.45) is 0.681. The average Bonchev–Trinajstić information content (AvgIpc) is 3.27. The monoisotopic (exact) mass is 436 g/mol. The predicted molar refractivity (Wildman–Crippen MR) is 125 cm³/mol. The van der Waals surface area contributed by atoms with Crippen molar-refractivity contribution < 1.29 is 14.1 Å². The second-order valence-corrected chi connectivity index (χ2v) is 8.35. The molecule has 7 heteroatoms. The van der Waals surface area contributed by atoms with Crippen molar-refractivity contribution in [2.45, 2.75) is 38.6 Å². The molecule has 170 valence electrons. The Morgan fingerprint density at radius 2 is 1.88 bits per heavy atom. The average molecular weight is 437 g/mol. The van der Waals surface area contributed by atoms with Gasteiger partial charge in [-0.2, -0.15) is 4.98 Å². The normalized spacial score (nSPS) is 12.2. The molecule has 1 N–H and O–H groups in total. The molecule has 1 amide bonds. The van der Waals surface area contributed by atoms with Gasteiger partial charge in [0.25, 0.3) is 0 Å². The standard InChI is InChI=1S/C25H32N4O3/c1-17(2)18-9-11-19(12-10-18)25-27-24(32-28-25)14-13-23(30)26-16-22(29(3)4)20-7-6-8-21(15-20)31-5/h6-12,15,17,22H,13-14,16H2,1-5H3,(H,26,30). The van der Waals surface area contributed by atoms with Gasteiger partial charge in [-0.15, -0.1) is 0 Å². The summed E-state index contributed by atoms with van der Waals surface area (Å²) in [5.41, 5.74) is 3.25. The minimum absolute atomic E-state index is 0.0397. The summed E-state index contributed by atoms with van der Waals surface area (Å²) >= 11 is 0. The highest BCUT2D eigenvalue weighted by molar-refractivity contribution is 5.76. The van der Waals surface area contributed by atoms with E-state index in [0.29, 0.717) is 30.6 Å². The molecule has 2 aromatic carbocycles. The van der Waals surface area contributed by atoms with Crippen molar-refractivity contribution in [1.29, 1.82) is 0 Å². The van der Waals surface area contributed by atoms with Gasteiger partial charge in [-0.3, -0.25) is 4.79 Å². The Kier molecular flexibility index (Phi) is 8.00. The van der Waals surface area contributed by atoms with E-state index in [4.69, 9.17) is 9.26 Å². The summed E-state index contributed by atoms with van der Waals surface area (Å²) in [4.78, 5) is 18.9. The first-order chi connectivity index (χ1) is 15.4. The van der Waals surface area contributed by atoms with E-state index in [0.717, 1.165) is 16.9 Å². The molecule has 1 atom stereocenters. The number of carbonyl (C=O) groups excluding carboxylic acids is 1. The molecule has 1 unspecified atom stereocenters. The molecule has 7 nitrogen and oxygen atoms in total. The zero-order valence-corrected chi connectivity index (χ0v) is 19.5. The first kappa shape index (κ1) is 23.5. The van der Waals surface area contributed by atoms with Gasteiger partial charge in [0.2, 0.25) is 17.6 Å². The number of nitrogens with one attached hydrogen (secondary N) is 1. The maximum absolute atomic E-state index is 12.4. The van der Waals surface area contributed by atoms with Crippen LogP contribution in [0.5, 0.6) is 5.75 Å². The molecular formula is C25H32N4O3. The van der Waals surface area contributed by atoms with E-state index in [2.05, 4.69) is 46.3 Å². The van der Waals surface area contributed by atoms with Crippen LogP contribution in [0.15, 0.2) is 53.1 Å². The predicted octanol–water partition coefficient (Wildman–Crippen LogP) is 4.22. The molecule has 0 aliphatic rings. The second-order valence-electron chi connectivity index (χ2n) is 8.35. The number of benzene rings is 2. The van der Waals surface area contributed by atoms with Gasteiger partial charge in [0, 0.05) is 24.9 Å². The lowest BCUT2D eigenvalue weighted by atomic mass is 10.0. The van der Waals surface area contributed by atoms with Crippen LogP contribution in [0, 0.1) is 0 Å². The third-order valence-electron chi connectivity index (χ3n) is 5.46. The molecule has 3 rings (SSSR count). The summed E-state index contributed by atoms with van der Waals surface area (Å²) < 4.78 is 10.7. The smallest absolute Gasteiger partial charge is 0.227 e. The Labute approximate surface area is 189 Å². The van der Waals surface area contributed by atoms with Crippen molar-refractivity contribution in [1.82, 2.24) is 20.4 Å². The lowest BCUT2D eigenvalue weighted by Crippen LogP contribution is -2.34. The molecule has 32 heavy (non-hydrogen) atoms. The van der Waals surface area contributed by atoms with Gasteiger partial charge in [0.15, 0.2) is 0 Å². The number of aromatic nitrogens is 2. The maximum atomic E-state index is 12.4. The summed E-state index contributed by atoms with van der Waals surface area (Å²) in [5, 5.41) is 7.07. The molecule has 3 aromatic rings. The van der Waals surface area contributed by atoms with Crippen LogP contribution in [0.3, 0.4) is 0 Å². The number of ether oxygens (including phenoxy) is 1. The number of likely N-dealkylation sites (N-methyl/N-ethyl adjacent to an activating group) is 1. The molecular weight excluding hydrogens is 404 g/mol. The lowest BCUT2D eigenvalue weighted by Gasteiger charge is -2.25. The molecule has 0 bridgehead atoms. The molecule has 0 saturated heterocycles. The van der Waals surface area contributed by atoms with Crippen LogP contribution in [-0.4, -0.2) is 48.7 Å². The van der Waals surface area contributed by atoms with Crippen molar-refractivity contribution in [2.75, 3.05) is 27.7 Å². The summed E-state index contributed by atoms with van der Waals surface area (Å²) in [7, 11) is 5.63. The van der Waals surface area contributed by atoms with Crippen molar-refractivity contribution >= 4 is 5.91 Å².